The minimum atomic E-state index is -4.11. The molecule has 0 saturated carbocycles. The van der Waals surface area contributed by atoms with E-state index >= 15 is 0 Å². The number of hydrogen-bond acceptors (Lipinski definition) is 5. The lowest BCUT2D eigenvalue weighted by molar-refractivity contribution is 0.0977. The number of nitrogens with one attached hydrogen (secondary N) is 1. The molecule has 1 aromatic heterocycles. The van der Waals surface area contributed by atoms with E-state index in [-0.39, 0.29) is 16.3 Å². The molecule has 0 unspecified atom stereocenters. The van der Waals surface area contributed by atoms with Gasteiger partial charge in [0.25, 0.3) is 15.9 Å². The van der Waals surface area contributed by atoms with Gasteiger partial charge < -0.3 is 9.30 Å². The van der Waals surface area contributed by atoms with E-state index in [2.05, 4.69) is 9.71 Å². The summed E-state index contributed by atoms with van der Waals surface area (Å²) in [5.41, 5.74) is 2.01. The summed E-state index contributed by atoms with van der Waals surface area (Å²) in [6.45, 7) is 2.04. The lowest BCUT2D eigenvalue weighted by Crippen LogP contribution is -2.31. The van der Waals surface area contributed by atoms with E-state index in [1.165, 1.54) is 25.4 Å². The van der Waals surface area contributed by atoms with Gasteiger partial charge in [0.1, 0.15) is 22.2 Å². The first-order chi connectivity index (χ1) is 13.4. The Morgan fingerprint density at radius 3 is 2.54 bits per heavy atom. The lowest BCUT2D eigenvalue weighted by atomic mass is 10.1. The van der Waals surface area contributed by atoms with E-state index in [1.54, 1.807) is 23.7 Å². The number of hydrogen-bond donors (Lipinski definition) is 1. The molecule has 0 radical (unpaired) electrons. The number of nitrogens with zero attached hydrogens (tertiary/aromatic N) is 2. The van der Waals surface area contributed by atoms with Crippen LogP contribution in [-0.2, 0) is 23.5 Å². The molecule has 0 spiro atoms. The van der Waals surface area contributed by atoms with Crippen molar-refractivity contribution in [3.8, 4) is 17.1 Å². The number of amides is 1. The van der Waals surface area contributed by atoms with E-state index < -0.39 is 15.9 Å². The maximum atomic E-state index is 12.6. The highest BCUT2D eigenvalue weighted by Gasteiger charge is 2.24. The van der Waals surface area contributed by atoms with Crippen molar-refractivity contribution in [2.24, 2.45) is 7.05 Å². The largest absolute Gasteiger partial charge is 0.495 e. The van der Waals surface area contributed by atoms with Crippen LogP contribution in [0.3, 0.4) is 0 Å². The smallest absolute Gasteiger partial charge is 0.285 e. The van der Waals surface area contributed by atoms with E-state index in [9.17, 15) is 13.2 Å². The molecule has 1 N–H and O–H groups in total. The topological polar surface area (TPSA) is 90.3 Å². The third kappa shape index (κ3) is 3.77. The monoisotopic (exact) mass is 399 g/mol. The summed E-state index contributed by atoms with van der Waals surface area (Å²) in [5.74, 6) is -0.0552. The van der Waals surface area contributed by atoms with Crippen LogP contribution < -0.4 is 9.46 Å². The van der Waals surface area contributed by atoms with Crippen LogP contribution in [0, 0.1) is 0 Å². The predicted molar refractivity (Wildman–Crippen MR) is 106 cm³/mol. The van der Waals surface area contributed by atoms with Crippen LogP contribution in [-0.4, -0.2) is 31.0 Å². The van der Waals surface area contributed by atoms with Gasteiger partial charge in [0.05, 0.1) is 7.11 Å². The van der Waals surface area contributed by atoms with Gasteiger partial charge in [-0.05, 0) is 24.1 Å². The summed E-state index contributed by atoms with van der Waals surface area (Å²) >= 11 is 0. The Kier molecular flexibility index (Phi) is 5.51. The second-order valence-electron chi connectivity index (χ2n) is 6.16. The molecule has 0 fully saturated rings. The normalized spacial score (nSPS) is 11.2. The summed E-state index contributed by atoms with van der Waals surface area (Å²) in [6, 6.07) is 13.9. The minimum absolute atomic E-state index is 0.0156. The third-order valence-electron chi connectivity index (χ3n) is 4.33. The van der Waals surface area contributed by atoms with E-state index in [1.807, 2.05) is 31.2 Å². The van der Waals surface area contributed by atoms with Gasteiger partial charge in [-0.3, -0.25) is 4.79 Å². The molecule has 0 aliphatic rings. The molecular formula is C20H21N3O4S. The second kappa shape index (κ2) is 7.85. The first-order valence-corrected chi connectivity index (χ1v) is 10.2. The van der Waals surface area contributed by atoms with Crippen molar-refractivity contribution in [3.63, 3.8) is 0 Å². The van der Waals surface area contributed by atoms with Crippen LogP contribution >= 0.6 is 0 Å². The van der Waals surface area contributed by atoms with Crippen LogP contribution in [0.1, 0.15) is 23.0 Å². The fraction of sp³-hybridized carbons (Fsp3) is 0.200. The van der Waals surface area contributed by atoms with Gasteiger partial charge in [0.2, 0.25) is 0 Å². The second-order valence-corrected chi connectivity index (χ2v) is 7.81. The van der Waals surface area contributed by atoms with Gasteiger partial charge >= 0.3 is 0 Å². The number of carbonyl (C=O) groups is 1. The van der Waals surface area contributed by atoms with Crippen LogP contribution in [0.4, 0.5) is 0 Å². The highest BCUT2D eigenvalue weighted by Crippen LogP contribution is 2.25. The number of ether oxygens (including phenoxy) is 1. The Labute approximate surface area is 164 Å². The molecule has 8 heteroatoms. The Hall–Kier alpha value is -3.13. The van der Waals surface area contributed by atoms with Crippen molar-refractivity contribution in [2.75, 3.05) is 7.11 Å². The zero-order valence-electron chi connectivity index (χ0n) is 15.8. The van der Waals surface area contributed by atoms with Crippen LogP contribution in [0.2, 0.25) is 0 Å². The van der Waals surface area contributed by atoms with Gasteiger partial charge in [-0.25, -0.2) is 18.1 Å². The van der Waals surface area contributed by atoms with Crippen LogP contribution in [0.15, 0.2) is 59.6 Å². The molecular weight excluding hydrogens is 378 g/mol. The third-order valence-corrected chi connectivity index (χ3v) is 5.70. The molecule has 3 rings (SSSR count). The molecule has 0 atom stereocenters. The molecule has 0 aliphatic carbocycles. The van der Waals surface area contributed by atoms with Crippen molar-refractivity contribution in [1.29, 1.82) is 0 Å². The highest BCUT2D eigenvalue weighted by atomic mass is 32.2. The number of aryl methyl sites for hydroxylation is 2. The molecule has 0 saturated heterocycles. The molecule has 1 amide bonds. The number of benzene rings is 2. The minimum Gasteiger partial charge on any atom is -0.495 e. The Bertz CT molecular complexity index is 1120. The molecule has 2 aromatic carbocycles. The fourth-order valence-corrected chi connectivity index (χ4v) is 4.08. The summed E-state index contributed by atoms with van der Waals surface area (Å²) in [7, 11) is -0.974. The summed E-state index contributed by atoms with van der Waals surface area (Å²) in [6.07, 6.45) is 2.32. The summed E-state index contributed by atoms with van der Waals surface area (Å²) < 4.78 is 34.1. The number of rotatable bonds is 6. The van der Waals surface area contributed by atoms with Crippen molar-refractivity contribution in [3.05, 3.63) is 66.0 Å². The average molecular weight is 399 g/mol. The van der Waals surface area contributed by atoms with Crippen LogP contribution in [0.25, 0.3) is 11.4 Å². The summed E-state index contributed by atoms with van der Waals surface area (Å²) in [5, 5.41) is 0. The Morgan fingerprint density at radius 1 is 1.14 bits per heavy atom. The van der Waals surface area contributed by atoms with Crippen molar-refractivity contribution in [2.45, 2.75) is 18.2 Å². The molecule has 0 bridgehead atoms. The Morgan fingerprint density at radius 2 is 1.82 bits per heavy atom. The first kappa shape index (κ1) is 19.6. The van der Waals surface area contributed by atoms with Crippen molar-refractivity contribution >= 4 is 15.9 Å². The van der Waals surface area contributed by atoms with Gasteiger partial charge in [-0.1, -0.05) is 43.3 Å². The number of aromatic nitrogens is 2. The van der Waals surface area contributed by atoms with Gasteiger partial charge in [-0.15, -0.1) is 0 Å². The zero-order chi connectivity index (χ0) is 20.3. The number of sulfonamides is 1. The molecule has 28 heavy (non-hydrogen) atoms. The van der Waals surface area contributed by atoms with E-state index in [4.69, 9.17) is 4.74 Å². The van der Waals surface area contributed by atoms with Gasteiger partial charge in [0, 0.05) is 18.8 Å². The number of carbonyl (C=O) groups excluding carboxylic acids is 1. The quantitative estimate of drug-likeness (QED) is 0.688. The molecule has 1 heterocycles. The van der Waals surface area contributed by atoms with Gasteiger partial charge in [0.15, 0.2) is 0 Å². The van der Waals surface area contributed by atoms with Crippen molar-refractivity contribution in [1.82, 2.24) is 14.3 Å². The number of para-hydroxylation sites is 1. The van der Waals surface area contributed by atoms with E-state index in [0.29, 0.717) is 5.82 Å². The predicted octanol–water partition coefficient (Wildman–Crippen LogP) is 2.78. The van der Waals surface area contributed by atoms with E-state index in [0.717, 1.165) is 17.5 Å². The number of imidazole rings is 1. The lowest BCUT2D eigenvalue weighted by Gasteiger charge is -2.09. The van der Waals surface area contributed by atoms with Crippen molar-refractivity contribution < 1.29 is 17.9 Å². The number of methoxy groups -OCH3 is 1. The zero-order valence-corrected chi connectivity index (χ0v) is 16.7. The average Bonchev–Trinajstić information content (AvgIpc) is 3.09. The Balaban J connectivity index is 1.92. The molecule has 3 aromatic rings. The first-order valence-electron chi connectivity index (χ1n) is 8.69. The SMILES string of the molecule is CCc1ccccc1-c1nc(C(=O)NS(=O)(=O)c2ccccc2OC)cn1C. The maximum Gasteiger partial charge on any atom is 0.285 e. The summed E-state index contributed by atoms with van der Waals surface area (Å²) in [4.78, 5) is 16.8. The standard InChI is InChI=1S/C20H21N3O4S/c1-4-14-9-5-6-10-15(14)19-21-16(13-23(19)2)20(24)22-28(25,26)18-12-8-7-11-17(18)27-3/h5-13H,4H2,1-3H3,(H,22,24). The highest BCUT2D eigenvalue weighted by molar-refractivity contribution is 7.90. The van der Waals surface area contributed by atoms with Crippen LogP contribution in [0.5, 0.6) is 5.75 Å². The maximum absolute atomic E-state index is 12.6. The van der Waals surface area contributed by atoms with Gasteiger partial charge in [-0.2, -0.15) is 0 Å². The molecule has 7 nitrogen and oxygen atoms in total. The molecule has 0 aliphatic heterocycles. The molecule has 146 valence electrons. The fourth-order valence-electron chi connectivity index (χ4n) is 2.94.